The molecule has 0 aliphatic carbocycles. The van der Waals surface area contributed by atoms with Gasteiger partial charge in [0.25, 0.3) is 0 Å². The lowest BCUT2D eigenvalue weighted by Crippen LogP contribution is -2.37. The third kappa shape index (κ3) is 3.33. The lowest BCUT2D eigenvalue weighted by atomic mass is 10.1. The Morgan fingerprint density at radius 2 is 2.06 bits per heavy atom. The molecule has 0 unspecified atom stereocenters. The van der Waals surface area contributed by atoms with Crippen LogP contribution in [0.4, 0.5) is 0 Å². The second kappa shape index (κ2) is 4.83. The van der Waals surface area contributed by atoms with E-state index in [4.69, 9.17) is 0 Å². The fourth-order valence-corrected chi connectivity index (χ4v) is 2.29. The van der Waals surface area contributed by atoms with Crippen molar-refractivity contribution in [2.24, 2.45) is 0 Å². The van der Waals surface area contributed by atoms with E-state index in [0.29, 0.717) is 0 Å². The number of hydrogen-bond acceptors (Lipinski definition) is 1. The molecule has 0 aliphatic rings. The summed E-state index contributed by atoms with van der Waals surface area (Å²) in [6, 6.07) is 6.36. The van der Waals surface area contributed by atoms with Gasteiger partial charge in [0.1, 0.15) is 0 Å². The van der Waals surface area contributed by atoms with E-state index >= 15 is 0 Å². The van der Waals surface area contributed by atoms with Crippen LogP contribution in [-0.2, 0) is 6.42 Å². The Bertz CT molecular complexity index is 508. The van der Waals surface area contributed by atoms with Gasteiger partial charge in [-0.1, -0.05) is 15.9 Å². The number of fused-ring (bicyclic) bond motifs is 1. The van der Waals surface area contributed by atoms with Crippen LogP contribution in [0.25, 0.3) is 10.9 Å². The molecule has 0 saturated heterocycles. The number of aromatic amines is 1. The van der Waals surface area contributed by atoms with E-state index in [1.54, 1.807) is 0 Å². The van der Waals surface area contributed by atoms with E-state index in [9.17, 15) is 0 Å². The fraction of sp³-hybridized carbons (Fsp3) is 0.429. The first-order valence-corrected chi connectivity index (χ1v) is 6.75. The molecule has 0 aliphatic heterocycles. The highest BCUT2D eigenvalue weighted by molar-refractivity contribution is 9.10. The van der Waals surface area contributed by atoms with Crippen LogP contribution in [0.3, 0.4) is 0 Å². The Morgan fingerprint density at radius 3 is 2.76 bits per heavy atom. The van der Waals surface area contributed by atoms with E-state index in [1.165, 1.54) is 16.5 Å². The van der Waals surface area contributed by atoms with Gasteiger partial charge < -0.3 is 10.3 Å². The van der Waals surface area contributed by atoms with Crippen molar-refractivity contribution in [1.29, 1.82) is 0 Å². The van der Waals surface area contributed by atoms with Crippen LogP contribution in [0.1, 0.15) is 26.3 Å². The normalized spacial score (nSPS) is 12.2. The monoisotopic (exact) mass is 294 g/mol. The number of halogens is 1. The number of rotatable bonds is 3. The van der Waals surface area contributed by atoms with Crippen molar-refractivity contribution in [3.8, 4) is 0 Å². The Labute approximate surface area is 111 Å². The highest BCUT2D eigenvalue weighted by atomic mass is 79.9. The summed E-state index contributed by atoms with van der Waals surface area (Å²) in [6.45, 7) is 7.58. The molecule has 1 aromatic carbocycles. The maximum absolute atomic E-state index is 3.52. The van der Waals surface area contributed by atoms with Gasteiger partial charge in [0, 0.05) is 27.1 Å². The van der Waals surface area contributed by atoms with Gasteiger partial charge in [-0.15, -0.1) is 0 Å². The van der Waals surface area contributed by atoms with E-state index in [2.05, 4.69) is 71.4 Å². The Morgan fingerprint density at radius 1 is 1.29 bits per heavy atom. The molecule has 1 aromatic heterocycles. The molecule has 0 bridgehead atoms. The van der Waals surface area contributed by atoms with Crippen LogP contribution >= 0.6 is 15.9 Å². The Hall–Kier alpha value is -0.800. The van der Waals surface area contributed by atoms with Crippen molar-refractivity contribution in [2.45, 2.75) is 32.7 Å². The van der Waals surface area contributed by atoms with Gasteiger partial charge in [-0.2, -0.15) is 0 Å². The Kier molecular flexibility index (Phi) is 3.59. The zero-order valence-corrected chi connectivity index (χ0v) is 12.2. The van der Waals surface area contributed by atoms with Crippen molar-refractivity contribution >= 4 is 26.8 Å². The molecule has 3 heteroatoms. The first kappa shape index (κ1) is 12.7. The average molecular weight is 295 g/mol. The predicted octanol–water partition coefficient (Wildman–Crippen LogP) is 3.86. The molecular weight excluding hydrogens is 276 g/mol. The number of aromatic nitrogens is 1. The van der Waals surface area contributed by atoms with Crippen molar-refractivity contribution in [1.82, 2.24) is 10.3 Å². The molecule has 2 aromatic rings. The minimum Gasteiger partial charge on any atom is -0.361 e. The van der Waals surface area contributed by atoms with Crippen molar-refractivity contribution < 1.29 is 0 Å². The summed E-state index contributed by atoms with van der Waals surface area (Å²) in [4.78, 5) is 3.31. The third-order valence-corrected chi connectivity index (χ3v) is 3.27. The largest absolute Gasteiger partial charge is 0.361 e. The number of hydrogen-bond donors (Lipinski definition) is 2. The van der Waals surface area contributed by atoms with Crippen LogP contribution in [-0.4, -0.2) is 17.1 Å². The van der Waals surface area contributed by atoms with Gasteiger partial charge >= 0.3 is 0 Å². The summed E-state index contributed by atoms with van der Waals surface area (Å²) in [6.07, 6.45) is 3.16. The summed E-state index contributed by atoms with van der Waals surface area (Å²) in [5.41, 5.74) is 2.77. The standard InChI is InChI=1S/C14H19BrN2/c1-14(2,3)17-7-6-10-9-16-13-5-4-11(15)8-12(10)13/h4-5,8-9,16-17H,6-7H2,1-3H3. The zero-order chi connectivity index (χ0) is 12.5. The van der Waals surface area contributed by atoms with Crippen LogP contribution in [0.2, 0.25) is 0 Å². The van der Waals surface area contributed by atoms with Gasteiger partial charge in [-0.05, 0) is 57.5 Å². The van der Waals surface area contributed by atoms with Crippen molar-refractivity contribution in [2.75, 3.05) is 6.54 Å². The molecule has 17 heavy (non-hydrogen) atoms. The highest BCUT2D eigenvalue weighted by Gasteiger charge is 2.09. The first-order chi connectivity index (χ1) is 7.96. The van der Waals surface area contributed by atoms with Crippen LogP contribution in [0.15, 0.2) is 28.9 Å². The smallest absolute Gasteiger partial charge is 0.0457 e. The molecular formula is C14H19BrN2. The summed E-state index contributed by atoms with van der Waals surface area (Å²) in [7, 11) is 0. The number of benzene rings is 1. The second-order valence-corrected chi connectivity index (χ2v) is 6.35. The maximum atomic E-state index is 3.52. The molecule has 1 heterocycles. The van der Waals surface area contributed by atoms with Gasteiger partial charge in [-0.25, -0.2) is 0 Å². The third-order valence-electron chi connectivity index (χ3n) is 2.78. The molecule has 2 nitrogen and oxygen atoms in total. The minimum atomic E-state index is 0.187. The first-order valence-electron chi connectivity index (χ1n) is 5.96. The fourth-order valence-electron chi connectivity index (χ4n) is 1.93. The van der Waals surface area contributed by atoms with Crippen LogP contribution < -0.4 is 5.32 Å². The number of nitrogens with one attached hydrogen (secondary N) is 2. The highest BCUT2D eigenvalue weighted by Crippen LogP contribution is 2.22. The molecule has 0 amide bonds. The SMILES string of the molecule is CC(C)(C)NCCc1c[nH]c2ccc(Br)cc12. The average Bonchev–Trinajstić information content (AvgIpc) is 2.59. The second-order valence-electron chi connectivity index (χ2n) is 5.43. The van der Waals surface area contributed by atoms with E-state index < -0.39 is 0 Å². The quantitative estimate of drug-likeness (QED) is 0.884. The Balaban J connectivity index is 2.11. The molecule has 2 N–H and O–H groups in total. The van der Waals surface area contributed by atoms with Crippen molar-refractivity contribution in [3.05, 3.63) is 34.4 Å². The van der Waals surface area contributed by atoms with Crippen molar-refractivity contribution in [3.63, 3.8) is 0 Å². The molecule has 0 fully saturated rings. The number of H-pyrrole nitrogens is 1. The lowest BCUT2D eigenvalue weighted by molar-refractivity contribution is 0.430. The van der Waals surface area contributed by atoms with Crippen LogP contribution in [0, 0.1) is 0 Å². The lowest BCUT2D eigenvalue weighted by Gasteiger charge is -2.20. The van der Waals surface area contributed by atoms with Gasteiger partial charge in [0.15, 0.2) is 0 Å². The van der Waals surface area contributed by atoms with Gasteiger partial charge in [-0.3, -0.25) is 0 Å². The van der Waals surface area contributed by atoms with E-state index in [0.717, 1.165) is 17.4 Å². The molecule has 92 valence electrons. The zero-order valence-electron chi connectivity index (χ0n) is 10.6. The van der Waals surface area contributed by atoms with E-state index in [1.807, 2.05) is 0 Å². The summed E-state index contributed by atoms with van der Waals surface area (Å²) in [5, 5.41) is 4.83. The molecule has 2 rings (SSSR count). The maximum Gasteiger partial charge on any atom is 0.0457 e. The van der Waals surface area contributed by atoms with Gasteiger partial charge in [0.05, 0.1) is 0 Å². The minimum absolute atomic E-state index is 0.187. The van der Waals surface area contributed by atoms with Crippen LogP contribution in [0.5, 0.6) is 0 Å². The molecule has 0 atom stereocenters. The molecule has 0 saturated carbocycles. The summed E-state index contributed by atoms with van der Waals surface area (Å²) in [5.74, 6) is 0. The predicted molar refractivity (Wildman–Crippen MR) is 77.5 cm³/mol. The van der Waals surface area contributed by atoms with Gasteiger partial charge in [0.2, 0.25) is 0 Å². The molecule has 0 radical (unpaired) electrons. The summed E-state index contributed by atoms with van der Waals surface area (Å²) < 4.78 is 1.13. The topological polar surface area (TPSA) is 27.8 Å². The molecule has 0 spiro atoms. The van der Waals surface area contributed by atoms with E-state index in [-0.39, 0.29) is 5.54 Å². The summed E-state index contributed by atoms with van der Waals surface area (Å²) >= 11 is 3.52.